The van der Waals surface area contributed by atoms with E-state index in [1.807, 2.05) is 0 Å². The van der Waals surface area contributed by atoms with Crippen molar-refractivity contribution in [3.05, 3.63) is 42.1 Å². The molecule has 0 aliphatic rings. The van der Waals surface area contributed by atoms with Gasteiger partial charge in [0.1, 0.15) is 8.80 Å². The van der Waals surface area contributed by atoms with Crippen molar-refractivity contribution in [1.82, 2.24) is 0 Å². The summed E-state index contributed by atoms with van der Waals surface area (Å²) in [5.74, 6) is 0. The minimum atomic E-state index is -0.440. The van der Waals surface area contributed by atoms with Gasteiger partial charge >= 0.3 is 0 Å². The predicted octanol–water partition coefficient (Wildman–Crippen LogP) is 4.08. The predicted molar refractivity (Wildman–Crippen MR) is 75.6 cm³/mol. The van der Waals surface area contributed by atoms with Crippen molar-refractivity contribution in [2.75, 3.05) is 0 Å². The molecule has 0 fully saturated rings. The molecular formula is C15H23Si. The lowest BCUT2D eigenvalue weighted by molar-refractivity contribution is 0.674. The van der Waals surface area contributed by atoms with Crippen LogP contribution in [0.25, 0.3) is 0 Å². The quantitative estimate of drug-likeness (QED) is 0.490. The first-order valence-electron chi connectivity index (χ1n) is 6.40. The number of benzene rings is 1. The van der Waals surface area contributed by atoms with Gasteiger partial charge in [-0.25, -0.2) is 0 Å². The average molecular weight is 231 g/mol. The Labute approximate surface area is 102 Å². The monoisotopic (exact) mass is 231 g/mol. The molecule has 0 amide bonds. The van der Waals surface area contributed by atoms with E-state index in [1.54, 1.807) is 0 Å². The van der Waals surface area contributed by atoms with E-state index in [1.165, 1.54) is 37.3 Å². The van der Waals surface area contributed by atoms with Crippen molar-refractivity contribution >= 4 is 14.0 Å². The van der Waals surface area contributed by atoms with Crippen LogP contribution >= 0.6 is 0 Å². The third-order valence-corrected chi connectivity index (χ3v) is 4.80. The number of rotatable bonds is 7. The highest BCUT2D eigenvalue weighted by Crippen LogP contribution is 2.03. The summed E-state index contributed by atoms with van der Waals surface area (Å²) in [6.07, 6.45) is 9.10. The fraction of sp³-hybridized carbons (Fsp3) is 0.467. The van der Waals surface area contributed by atoms with Gasteiger partial charge in [-0.1, -0.05) is 80.0 Å². The average Bonchev–Trinajstić information content (AvgIpc) is 2.34. The van der Waals surface area contributed by atoms with Gasteiger partial charge in [-0.3, -0.25) is 0 Å². The van der Waals surface area contributed by atoms with E-state index in [-0.39, 0.29) is 0 Å². The molecule has 16 heavy (non-hydrogen) atoms. The Hall–Kier alpha value is -0.823. The van der Waals surface area contributed by atoms with Crippen molar-refractivity contribution in [1.29, 1.82) is 0 Å². The van der Waals surface area contributed by atoms with Crippen molar-refractivity contribution in [3.8, 4) is 0 Å². The lowest BCUT2D eigenvalue weighted by Gasteiger charge is -2.03. The second-order valence-electron chi connectivity index (χ2n) is 4.30. The summed E-state index contributed by atoms with van der Waals surface area (Å²) >= 11 is 0. The number of allylic oxidation sites excluding steroid dienone is 1. The zero-order valence-electron chi connectivity index (χ0n) is 10.6. The third kappa shape index (κ3) is 5.31. The van der Waals surface area contributed by atoms with E-state index in [0.717, 1.165) is 0 Å². The van der Waals surface area contributed by atoms with Gasteiger partial charge in [0.05, 0.1) is 0 Å². The normalized spacial score (nSPS) is 11.4. The van der Waals surface area contributed by atoms with Crippen LogP contribution in [0.15, 0.2) is 42.1 Å². The summed E-state index contributed by atoms with van der Waals surface area (Å²) in [4.78, 5) is 0. The topological polar surface area (TPSA) is 0 Å². The second kappa shape index (κ2) is 8.34. The van der Waals surface area contributed by atoms with Gasteiger partial charge < -0.3 is 0 Å². The molecule has 87 valence electrons. The van der Waals surface area contributed by atoms with Crippen molar-refractivity contribution in [3.63, 3.8) is 0 Å². The number of unbranched alkanes of at least 4 members (excludes halogenated alkanes) is 4. The summed E-state index contributed by atoms with van der Waals surface area (Å²) in [7, 11) is -0.440. The molecule has 0 aliphatic carbocycles. The van der Waals surface area contributed by atoms with Gasteiger partial charge in [0.2, 0.25) is 0 Å². The lowest BCUT2D eigenvalue weighted by atomic mass is 10.2. The third-order valence-electron chi connectivity index (χ3n) is 2.82. The Bertz CT molecular complexity index is 290. The Morgan fingerprint density at radius 2 is 1.81 bits per heavy atom. The molecule has 0 bridgehead atoms. The molecule has 0 nitrogen and oxygen atoms in total. The number of hydrogen-bond donors (Lipinski definition) is 0. The molecule has 0 saturated heterocycles. The maximum atomic E-state index is 2.44. The minimum Gasteiger partial charge on any atom is -0.0957 e. The minimum absolute atomic E-state index is 0.440. The molecule has 0 unspecified atom stereocenters. The molecular weight excluding hydrogens is 208 g/mol. The fourth-order valence-corrected chi connectivity index (χ4v) is 3.18. The maximum Gasteiger partial charge on any atom is 0.109 e. The van der Waals surface area contributed by atoms with Gasteiger partial charge in [-0.05, 0) is 12.8 Å². The number of hydrogen-bond acceptors (Lipinski definition) is 0. The van der Waals surface area contributed by atoms with E-state index in [2.05, 4.69) is 55.6 Å². The van der Waals surface area contributed by atoms with E-state index >= 15 is 0 Å². The molecule has 0 aromatic heterocycles. The fourth-order valence-electron chi connectivity index (χ4n) is 1.75. The highest BCUT2D eigenvalue weighted by atomic mass is 28.3. The first kappa shape index (κ1) is 13.2. The van der Waals surface area contributed by atoms with Gasteiger partial charge in [-0.15, -0.1) is 0 Å². The van der Waals surface area contributed by atoms with E-state index < -0.39 is 8.80 Å². The summed E-state index contributed by atoms with van der Waals surface area (Å²) in [5.41, 5.74) is 2.44. The zero-order valence-corrected chi connectivity index (χ0v) is 11.6. The molecule has 1 heteroatoms. The SMILES string of the molecule is CCCCCC/C=C/[Si](C)c1ccccc1. The van der Waals surface area contributed by atoms with Crippen LogP contribution < -0.4 is 5.19 Å². The van der Waals surface area contributed by atoms with E-state index in [4.69, 9.17) is 0 Å². The molecule has 0 atom stereocenters. The van der Waals surface area contributed by atoms with Crippen molar-refractivity contribution < 1.29 is 0 Å². The Kier molecular flexibility index (Phi) is 6.91. The van der Waals surface area contributed by atoms with Crippen LogP contribution in [0.5, 0.6) is 0 Å². The molecule has 0 N–H and O–H groups in total. The van der Waals surface area contributed by atoms with E-state index in [9.17, 15) is 0 Å². The second-order valence-corrected chi connectivity index (χ2v) is 6.58. The summed E-state index contributed by atoms with van der Waals surface area (Å²) < 4.78 is 0. The Morgan fingerprint density at radius 1 is 1.06 bits per heavy atom. The highest BCUT2D eigenvalue weighted by molar-refractivity contribution is 6.76. The largest absolute Gasteiger partial charge is 0.109 e. The molecule has 0 heterocycles. The Balaban J connectivity index is 2.24. The van der Waals surface area contributed by atoms with Gasteiger partial charge in [0.15, 0.2) is 0 Å². The van der Waals surface area contributed by atoms with Gasteiger partial charge in [0, 0.05) is 0 Å². The standard InChI is InChI=1S/C15H23Si/c1-3-4-5-6-7-11-14-16(2)15-12-9-8-10-13-15/h8-14H,3-7H2,1-2H3/b14-11+. The molecule has 0 spiro atoms. The lowest BCUT2D eigenvalue weighted by Crippen LogP contribution is -2.23. The van der Waals surface area contributed by atoms with Crippen LogP contribution in [0.3, 0.4) is 0 Å². The molecule has 0 aliphatic heterocycles. The van der Waals surface area contributed by atoms with E-state index in [0.29, 0.717) is 0 Å². The summed E-state index contributed by atoms with van der Waals surface area (Å²) in [5, 5.41) is 1.51. The summed E-state index contributed by atoms with van der Waals surface area (Å²) in [6.45, 7) is 4.63. The van der Waals surface area contributed by atoms with Crippen molar-refractivity contribution in [2.24, 2.45) is 0 Å². The first-order valence-corrected chi connectivity index (χ1v) is 8.48. The molecule has 1 aromatic rings. The van der Waals surface area contributed by atoms with Crippen LogP contribution in [-0.4, -0.2) is 8.80 Å². The first-order chi connectivity index (χ1) is 7.84. The summed E-state index contributed by atoms with van der Waals surface area (Å²) in [6, 6.07) is 10.9. The molecule has 1 rings (SSSR count). The van der Waals surface area contributed by atoms with Crippen LogP contribution in [0, 0.1) is 0 Å². The van der Waals surface area contributed by atoms with Crippen molar-refractivity contribution in [2.45, 2.75) is 45.6 Å². The van der Waals surface area contributed by atoms with Crippen LogP contribution in [0.4, 0.5) is 0 Å². The molecule has 0 saturated carbocycles. The van der Waals surface area contributed by atoms with Crippen LogP contribution in [0.1, 0.15) is 39.0 Å². The Morgan fingerprint density at radius 3 is 2.50 bits per heavy atom. The smallest absolute Gasteiger partial charge is 0.0957 e. The van der Waals surface area contributed by atoms with Crippen LogP contribution in [-0.2, 0) is 0 Å². The highest BCUT2D eigenvalue weighted by Gasteiger charge is 2.01. The van der Waals surface area contributed by atoms with Gasteiger partial charge in [-0.2, -0.15) is 0 Å². The van der Waals surface area contributed by atoms with Crippen LogP contribution in [0.2, 0.25) is 6.55 Å². The molecule has 1 radical (unpaired) electrons. The maximum absolute atomic E-state index is 2.44. The zero-order chi connectivity index (χ0) is 11.6. The van der Waals surface area contributed by atoms with Gasteiger partial charge in [0.25, 0.3) is 0 Å². The molecule has 1 aromatic carbocycles.